The second kappa shape index (κ2) is 8.36. The molecular formula is C25H23ClN4O2. The maximum atomic E-state index is 13.8. The largest absolute Gasteiger partial charge is 0.440 e. The summed E-state index contributed by atoms with van der Waals surface area (Å²) in [5, 5.41) is 0.626. The second-order valence-corrected chi connectivity index (χ2v) is 8.80. The summed E-state index contributed by atoms with van der Waals surface area (Å²) >= 11 is 6.10. The SMILES string of the molecule is Cc1ccc(-c2ncccn2)c(C(=O)N2C[C@H](c3nc4cc(Cl)ccc4o3)CC[C@H]2C)c1. The van der Waals surface area contributed by atoms with Gasteiger partial charge in [0.1, 0.15) is 5.52 Å². The first-order valence-electron chi connectivity index (χ1n) is 10.7. The maximum absolute atomic E-state index is 13.8. The lowest BCUT2D eigenvalue weighted by molar-refractivity contribution is 0.0598. The van der Waals surface area contributed by atoms with Gasteiger partial charge in [-0.15, -0.1) is 0 Å². The van der Waals surface area contributed by atoms with E-state index in [-0.39, 0.29) is 17.9 Å². The normalized spacial score (nSPS) is 18.8. The van der Waals surface area contributed by atoms with Gasteiger partial charge in [0.15, 0.2) is 17.3 Å². The molecule has 32 heavy (non-hydrogen) atoms. The van der Waals surface area contributed by atoms with Crippen LogP contribution in [0, 0.1) is 6.92 Å². The number of nitrogens with zero attached hydrogens (tertiary/aromatic N) is 4. The van der Waals surface area contributed by atoms with Gasteiger partial charge in [0, 0.05) is 35.6 Å². The molecular weight excluding hydrogens is 424 g/mol. The molecule has 6 nitrogen and oxygen atoms in total. The summed E-state index contributed by atoms with van der Waals surface area (Å²) in [5.41, 5.74) is 3.83. The number of fused-ring (bicyclic) bond motifs is 1. The van der Waals surface area contributed by atoms with E-state index in [0.29, 0.717) is 34.4 Å². The Morgan fingerprint density at radius 2 is 1.94 bits per heavy atom. The highest BCUT2D eigenvalue weighted by atomic mass is 35.5. The minimum atomic E-state index is -0.0208. The Kier molecular flexibility index (Phi) is 5.39. The van der Waals surface area contributed by atoms with E-state index in [1.165, 1.54) is 0 Å². The summed E-state index contributed by atoms with van der Waals surface area (Å²) in [4.78, 5) is 29.1. The molecule has 5 rings (SSSR count). The van der Waals surface area contributed by atoms with Gasteiger partial charge in [-0.05, 0) is 57.0 Å². The van der Waals surface area contributed by atoms with E-state index in [2.05, 4.69) is 21.9 Å². The fraction of sp³-hybridized carbons (Fsp3) is 0.280. The molecule has 162 valence electrons. The zero-order valence-electron chi connectivity index (χ0n) is 18.0. The zero-order chi connectivity index (χ0) is 22.2. The summed E-state index contributed by atoms with van der Waals surface area (Å²) in [5.74, 6) is 1.21. The van der Waals surface area contributed by atoms with Crippen molar-refractivity contribution in [3.8, 4) is 11.4 Å². The number of rotatable bonds is 3. The van der Waals surface area contributed by atoms with E-state index >= 15 is 0 Å². The number of aromatic nitrogens is 3. The molecule has 1 amide bonds. The lowest BCUT2D eigenvalue weighted by Gasteiger charge is -2.37. The average Bonchev–Trinajstić information content (AvgIpc) is 3.22. The molecule has 0 radical (unpaired) electrons. The van der Waals surface area contributed by atoms with Gasteiger partial charge < -0.3 is 9.32 Å². The van der Waals surface area contributed by atoms with Gasteiger partial charge in [0.05, 0.1) is 11.5 Å². The van der Waals surface area contributed by atoms with Crippen molar-refractivity contribution in [2.75, 3.05) is 6.54 Å². The molecule has 7 heteroatoms. The van der Waals surface area contributed by atoms with Crippen LogP contribution in [0.1, 0.15) is 47.5 Å². The predicted molar refractivity (Wildman–Crippen MR) is 124 cm³/mol. The molecule has 2 aromatic heterocycles. The van der Waals surface area contributed by atoms with Crippen LogP contribution in [0.4, 0.5) is 0 Å². The van der Waals surface area contributed by atoms with Crippen LogP contribution in [0.2, 0.25) is 5.02 Å². The Labute approximate surface area is 191 Å². The molecule has 1 saturated heterocycles. The lowest BCUT2D eigenvalue weighted by Crippen LogP contribution is -2.45. The predicted octanol–water partition coefficient (Wildman–Crippen LogP) is 5.65. The Hall–Kier alpha value is -3.25. The van der Waals surface area contributed by atoms with Crippen molar-refractivity contribution in [1.29, 1.82) is 0 Å². The van der Waals surface area contributed by atoms with Crippen LogP contribution in [0.25, 0.3) is 22.5 Å². The van der Waals surface area contributed by atoms with Crippen molar-refractivity contribution in [2.24, 2.45) is 0 Å². The Balaban J connectivity index is 1.47. The molecule has 3 heterocycles. The smallest absolute Gasteiger partial charge is 0.254 e. The minimum absolute atomic E-state index is 0.0208. The summed E-state index contributed by atoms with van der Waals surface area (Å²) in [6.07, 6.45) is 5.16. The molecule has 0 bridgehead atoms. The highest BCUT2D eigenvalue weighted by molar-refractivity contribution is 6.31. The van der Waals surface area contributed by atoms with Crippen LogP contribution in [0.3, 0.4) is 0 Å². The Bertz CT molecular complexity index is 1290. The third kappa shape index (κ3) is 3.86. The van der Waals surface area contributed by atoms with E-state index in [9.17, 15) is 4.79 Å². The number of piperidine rings is 1. The van der Waals surface area contributed by atoms with E-state index in [4.69, 9.17) is 16.0 Å². The first-order valence-corrected chi connectivity index (χ1v) is 11.1. The molecule has 1 aliphatic rings. The minimum Gasteiger partial charge on any atom is -0.440 e. The van der Waals surface area contributed by atoms with Crippen molar-refractivity contribution in [1.82, 2.24) is 19.9 Å². The van der Waals surface area contributed by atoms with Crippen LogP contribution in [0.5, 0.6) is 0 Å². The summed E-state index contributed by atoms with van der Waals surface area (Å²) in [6.45, 7) is 4.62. The molecule has 0 aliphatic carbocycles. The van der Waals surface area contributed by atoms with Gasteiger partial charge in [-0.1, -0.05) is 29.3 Å². The average molecular weight is 447 g/mol. The number of aryl methyl sites for hydroxylation is 1. The molecule has 4 aromatic rings. The number of likely N-dealkylation sites (tertiary alicyclic amines) is 1. The Morgan fingerprint density at radius 3 is 2.75 bits per heavy atom. The standard InChI is InChI=1S/C25H23ClN4O2/c1-15-4-8-19(23-27-10-3-11-28-23)20(12-15)25(31)30-14-17(6-5-16(30)2)24-29-21-13-18(26)7-9-22(21)32-24/h3-4,7-13,16-17H,5-6,14H2,1-2H3/t16-,17-/m1/s1. The molecule has 0 saturated carbocycles. The molecule has 2 atom stereocenters. The molecule has 1 fully saturated rings. The first kappa shape index (κ1) is 20.6. The topological polar surface area (TPSA) is 72.1 Å². The van der Waals surface area contributed by atoms with E-state index in [1.54, 1.807) is 30.6 Å². The van der Waals surface area contributed by atoms with Crippen molar-refractivity contribution in [2.45, 2.75) is 38.6 Å². The van der Waals surface area contributed by atoms with Crippen molar-refractivity contribution < 1.29 is 9.21 Å². The highest BCUT2D eigenvalue weighted by Crippen LogP contribution is 2.34. The highest BCUT2D eigenvalue weighted by Gasteiger charge is 2.34. The molecule has 2 aromatic carbocycles. The number of halogens is 1. The van der Waals surface area contributed by atoms with Gasteiger partial charge in [-0.25, -0.2) is 15.0 Å². The molecule has 0 N–H and O–H groups in total. The fourth-order valence-electron chi connectivity index (χ4n) is 4.31. The number of amides is 1. The number of benzene rings is 2. The monoisotopic (exact) mass is 446 g/mol. The van der Waals surface area contributed by atoms with Crippen LogP contribution < -0.4 is 0 Å². The lowest BCUT2D eigenvalue weighted by atomic mass is 9.92. The van der Waals surface area contributed by atoms with Gasteiger partial charge in [0.2, 0.25) is 0 Å². The quantitative estimate of drug-likeness (QED) is 0.406. The van der Waals surface area contributed by atoms with Gasteiger partial charge in [0.25, 0.3) is 5.91 Å². The van der Waals surface area contributed by atoms with Gasteiger partial charge in [-0.3, -0.25) is 4.79 Å². The second-order valence-electron chi connectivity index (χ2n) is 8.37. The van der Waals surface area contributed by atoms with E-state index in [1.807, 2.05) is 36.1 Å². The fourth-order valence-corrected chi connectivity index (χ4v) is 4.47. The van der Waals surface area contributed by atoms with Crippen molar-refractivity contribution in [3.05, 3.63) is 76.9 Å². The number of carbonyl (C=O) groups excluding carboxylic acids is 1. The third-order valence-electron chi connectivity index (χ3n) is 6.07. The van der Waals surface area contributed by atoms with Crippen molar-refractivity contribution >= 4 is 28.6 Å². The van der Waals surface area contributed by atoms with E-state index < -0.39 is 0 Å². The third-order valence-corrected chi connectivity index (χ3v) is 6.31. The van der Waals surface area contributed by atoms with Gasteiger partial charge >= 0.3 is 0 Å². The molecule has 0 unspecified atom stereocenters. The summed E-state index contributed by atoms with van der Waals surface area (Å²) < 4.78 is 6.02. The van der Waals surface area contributed by atoms with Crippen molar-refractivity contribution in [3.63, 3.8) is 0 Å². The molecule has 0 spiro atoms. The first-order chi connectivity index (χ1) is 15.5. The van der Waals surface area contributed by atoms with Gasteiger partial charge in [-0.2, -0.15) is 0 Å². The van der Waals surface area contributed by atoms with Crippen LogP contribution in [0.15, 0.2) is 59.3 Å². The summed E-state index contributed by atoms with van der Waals surface area (Å²) in [6, 6.07) is 13.1. The number of carbonyl (C=O) groups is 1. The number of oxazole rings is 1. The zero-order valence-corrected chi connectivity index (χ0v) is 18.7. The van der Waals surface area contributed by atoms with Crippen LogP contribution in [-0.2, 0) is 0 Å². The van der Waals surface area contributed by atoms with Crippen LogP contribution in [-0.4, -0.2) is 38.3 Å². The van der Waals surface area contributed by atoms with Crippen LogP contribution >= 0.6 is 11.6 Å². The number of hydrogen-bond acceptors (Lipinski definition) is 5. The number of hydrogen-bond donors (Lipinski definition) is 0. The maximum Gasteiger partial charge on any atom is 0.254 e. The molecule has 1 aliphatic heterocycles. The Morgan fingerprint density at radius 1 is 1.12 bits per heavy atom. The van der Waals surface area contributed by atoms with E-state index in [0.717, 1.165) is 29.5 Å². The summed E-state index contributed by atoms with van der Waals surface area (Å²) in [7, 11) is 0.